The standard InChI is InChI=1S/C8H14N2O/c9-10-6-7-11-8-4-2-1-3-5-8/h6,8H,1-5,7H2. The molecule has 3 nitrogen and oxygen atoms in total. The van der Waals surface area contributed by atoms with Crippen molar-refractivity contribution in [3.63, 3.8) is 0 Å². The van der Waals surface area contributed by atoms with Crippen LogP contribution in [0.2, 0.25) is 0 Å². The fraction of sp³-hybridized carbons (Fsp3) is 0.875. The van der Waals surface area contributed by atoms with Gasteiger partial charge in [-0.3, -0.25) is 0 Å². The predicted molar refractivity (Wildman–Crippen MR) is 42.5 cm³/mol. The van der Waals surface area contributed by atoms with Gasteiger partial charge in [-0.05, 0) is 12.8 Å². The Morgan fingerprint density at radius 1 is 1.36 bits per heavy atom. The van der Waals surface area contributed by atoms with E-state index in [4.69, 9.17) is 10.3 Å². The summed E-state index contributed by atoms with van der Waals surface area (Å²) in [5.41, 5.74) is 8.09. The van der Waals surface area contributed by atoms with Gasteiger partial charge in [0.2, 0.25) is 0 Å². The van der Waals surface area contributed by atoms with Gasteiger partial charge in [-0.1, -0.05) is 19.3 Å². The van der Waals surface area contributed by atoms with E-state index < -0.39 is 0 Å². The van der Waals surface area contributed by atoms with E-state index >= 15 is 0 Å². The number of hydrogen-bond acceptors (Lipinski definition) is 1. The summed E-state index contributed by atoms with van der Waals surface area (Å²) in [7, 11) is 0. The highest BCUT2D eigenvalue weighted by molar-refractivity contribution is 5.51. The molecule has 0 amide bonds. The van der Waals surface area contributed by atoms with Crippen molar-refractivity contribution in [2.45, 2.75) is 38.2 Å². The Bertz CT molecular complexity index is 146. The molecule has 0 atom stereocenters. The van der Waals surface area contributed by atoms with Crippen molar-refractivity contribution in [3.05, 3.63) is 5.53 Å². The van der Waals surface area contributed by atoms with Crippen molar-refractivity contribution in [1.82, 2.24) is 0 Å². The molecule has 0 aromatic rings. The van der Waals surface area contributed by atoms with Crippen LogP contribution in [0.3, 0.4) is 0 Å². The molecule has 0 radical (unpaired) electrons. The summed E-state index contributed by atoms with van der Waals surface area (Å²) in [4.78, 5) is 2.87. The van der Waals surface area contributed by atoms with Crippen LogP contribution in [0.4, 0.5) is 0 Å². The van der Waals surface area contributed by atoms with E-state index in [2.05, 4.69) is 4.79 Å². The van der Waals surface area contributed by atoms with E-state index in [0.29, 0.717) is 12.7 Å². The second-order valence-electron chi connectivity index (χ2n) is 2.89. The Hall–Kier alpha value is -0.660. The first-order valence-corrected chi connectivity index (χ1v) is 4.21. The summed E-state index contributed by atoms with van der Waals surface area (Å²) in [6, 6.07) is 0. The summed E-state index contributed by atoms with van der Waals surface area (Å²) in [6.45, 7) is 0.446. The summed E-state index contributed by atoms with van der Waals surface area (Å²) in [6.07, 6.45) is 8.02. The topological polar surface area (TPSA) is 45.6 Å². The van der Waals surface area contributed by atoms with E-state index in [-0.39, 0.29) is 0 Å². The third kappa shape index (κ3) is 3.30. The van der Waals surface area contributed by atoms with E-state index in [0.717, 1.165) is 0 Å². The minimum atomic E-state index is 0.404. The molecule has 1 fully saturated rings. The maximum Gasteiger partial charge on any atom is 0.282 e. The molecule has 1 aliphatic carbocycles. The SMILES string of the molecule is [N-]=[N+]=CCOC1CCCCC1. The molecule has 0 bridgehead atoms. The van der Waals surface area contributed by atoms with Crippen LogP contribution < -0.4 is 0 Å². The third-order valence-corrected chi connectivity index (χ3v) is 2.04. The Kier molecular flexibility index (Phi) is 3.87. The van der Waals surface area contributed by atoms with Crippen LogP contribution in [0.25, 0.3) is 5.53 Å². The van der Waals surface area contributed by atoms with E-state index in [9.17, 15) is 0 Å². The van der Waals surface area contributed by atoms with Crippen LogP contribution >= 0.6 is 0 Å². The van der Waals surface area contributed by atoms with Crippen molar-refractivity contribution < 1.29 is 9.53 Å². The maximum absolute atomic E-state index is 8.09. The number of hydrogen-bond donors (Lipinski definition) is 0. The van der Waals surface area contributed by atoms with Gasteiger partial charge >= 0.3 is 0 Å². The lowest BCUT2D eigenvalue weighted by Crippen LogP contribution is -2.17. The molecule has 0 aromatic heterocycles. The summed E-state index contributed by atoms with van der Waals surface area (Å²) >= 11 is 0. The minimum absolute atomic E-state index is 0.404. The van der Waals surface area contributed by atoms with Gasteiger partial charge in [0, 0.05) is 0 Å². The molecular weight excluding hydrogens is 140 g/mol. The van der Waals surface area contributed by atoms with Crippen LogP contribution in [0, 0.1) is 0 Å². The quantitative estimate of drug-likeness (QED) is 0.346. The molecule has 1 rings (SSSR count). The van der Waals surface area contributed by atoms with E-state index in [1.165, 1.54) is 38.3 Å². The molecule has 3 heteroatoms. The molecule has 1 saturated carbocycles. The van der Waals surface area contributed by atoms with Crippen LogP contribution in [-0.4, -0.2) is 23.7 Å². The molecule has 0 N–H and O–H groups in total. The van der Waals surface area contributed by atoms with Crippen LogP contribution in [-0.2, 0) is 4.74 Å². The zero-order valence-corrected chi connectivity index (χ0v) is 6.70. The van der Waals surface area contributed by atoms with Gasteiger partial charge < -0.3 is 10.3 Å². The van der Waals surface area contributed by atoms with Gasteiger partial charge in [0.25, 0.3) is 6.21 Å². The van der Waals surface area contributed by atoms with Gasteiger partial charge in [0.1, 0.15) is 6.61 Å². The van der Waals surface area contributed by atoms with E-state index in [1.807, 2.05) is 0 Å². The van der Waals surface area contributed by atoms with Crippen LogP contribution in [0.1, 0.15) is 32.1 Å². The fourth-order valence-corrected chi connectivity index (χ4v) is 1.44. The number of nitrogens with zero attached hydrogens (tertiary/aromatic N) is 2. The zero-order valence-electron chi connectivity index (χ0n) is 6.70. The number of rotatable bonds is 3. The van der Waals surface area contributed by atoms with Crippen molar-refractivity contribution in [1.29, 1.82) is 0 Å². The molecular formula is C8H14N2O. The summed E-state index contributed by atoms with van der Waals surface area (Å²) in [5.74, 6) is 0. The Balaban J connectivity index is 2.09. The lowest BCUT2D eigenvalue weighted by molar-refractivity contribution is -0.0174. The summed E-state index contributed by atoms with van der Waals surface area (Å²) < 4.78 is 5.41. The third-order valence-electron chi connectivity index (χ3n) is 2.04. The highest BCUT2D eigenvalue weighted by Gasteiger charge is 2.12. The second-order valence-corrected chi connectivity index (χ2v) is 2.89. The molecule has 0 aliphatic heterocycles. The molecule has 0 unspecified atom stereocenters. The predicted octanol–water partition coefficient (Wildman–Crippen LogP) is 1.64. The molecule has 0 heterocycles. The first-order chi connectivity index (χ1) is 5.43. The van der Waals surface area contributed by atoms with Crippen molar-refractivity contribution >= 4 is 6.21 Å². The highest BCUT2D eigenvalue weighted by atomic mass is 16.5. The first kappa shape index (κ1) is 8.44. The Labute approximate surface area is 67.0 Å². The van der Waals surface area contributed by atoms with Gasteiger partial charge in [-0.25, -0.2) is 0 Å². The molecule has 0 spiro atoms. The van der Waals surface area contributed by atoms with Crippen molar-refractivity contribution in [2.24, 2.45) is 0 Å². The largest absolute Gasteiger partial charge is 0.367 e. The molecule has 1 aliphatic rings. The first-order valence-electron chi connectivity index (χ1n) is 4.21. The smallest absolute Gasteiger partial charge is 0.282 e. The van der Waals surface area contributed by atoms with Crippen molar-refractivity contribution in [3.8, 4) is 0 Å². The fourth-order valence-electron chi connectivity index (χ4n) is 1.44. The van der Waals surface area contributed by atoms with Gasteiger partial charge in [-0.2, -0.15) is 4.79 Å². The average Bonchev–Trinajstić information content (AvgIpc) is 2.07. The van der Waals surface area contributed by atoms with Crippen molar-refractivity contribution in [2.75, 3.05) is 6.61 Å². The lowest BCUT2D eigenvalue weighted by Gasteiger charge is -2.20. The zero-order chi connectivity index (χ0) is 7.94. The van der Waals surface area contributed by atoms with Gasteiger partial charge in [0.05, 0.1) is 6.10 Å². The second kappa shape index (κ2) is 5.05. The minimum Gasteiger partial charge on any atom is -0.367 e. The Morgan fingerprint density at radius 3 is 2.73 bits per heavy atom. The molecule has 0 saturated heterocycles. The van der Waals surface area contributed by atoms with Crippen LogP contribution in [0.15, 0.2) is 0 Å². The van der Waals surface area contributed by atoms with Gasteiger partial charge in [0.15, 0.2) is 0 Å². The monoisotopic (exact) mass is 154 g/mol. The molecule has 62 valence electrons. The Morgan fingerprint density at radius 2 is 2.09 bits per heavy atom. The van der Waals surface area contributed by atoms with Gasteiger partial charge in [-0.15, -0.1) is 0 Å². The number of ether oxygens (including phenoxy) is 1. The van der Waals surface area contributed by atoms with Crippen LogP contribution in [0.5, 0.6) is 0 Å². The molecule has 11 heavy (non-hydrogen) atoms. The average molecular weight is 154 g/mol. The summed E-state index contributed by atoms with van der Waals surface area (Å²) in [5, 5.41) is 0. The lowest BCUT2D eigenvalue weighted by atomic mass is 9.98. The van der Waals surface area contributed by atoms with E-state index in [1.54, 1.807) is 0 Å². The highest BCUT2D eigenvalue weighted by Crippen LogP contribution is 2.19. The normalized spacial score (nSPS) is 19.3. The maximum atomic E-state index is 8.09. The molecule has 0 aromatic carbocycles.